The normalized spacial score (nSPS) is 13.8. The highest BCUT2D eigenvalue weighted by molar-refractivity contribution is 7.16. The maximum absolute atomic E-state index is 6.70. The van der Waals surface area contributed by atoms with Crippen molar-refractivity contribution in [2.45, 2.75) is 112 Å². The predicted molar refractivity (Wildman–Crippen MR) is 165 cm³/mol. The molecular weight excluding hydrogens is 496 g/mol. The predicted octanol–water partition coefficient (Wildman–Crippen LogP) is 11.9. The Hall–Kier alpha value is -1.35. The van der Waals surface area contributed by atoms with E-state index in [0.717, 1.165) is 10.8 Å². The highest BCUT2D eigenvalue weighted by Crippen LogP contribution is 2.50. The average molecular weight is 539 g/mol. The molecule has 0 amide bonds. The fraction of sp³-hybridized carbons (Fsp3) is 0.515. The third-order valence-electron chi connectivity index (χ3n) is 7.69. The summed E-state index contributed by atoms with van der Waals surface area (Å²) >= 11 is 10.6. The van der Waals surface area contributed by atoms with Gasteiger partial charge in [-0.15, -0.1) is 22.7 Å². The average Bonchev–Trinajstić information content (AvgIpc) is 3.54. The molecule has 2 heterocycles. The molecule has 0 aliphatic heterocycles. The molecule has 1 aromatic carbocycles. The summed E-state index contributed by atoms with van der Waals surface area (Å²) in [5.74, 6) is 0. The first kappa shape index (κ1) is 27.7. The Bertz CT molecular complexity index is 1190. The van der Waals surface area contributed by atoms with Gasteiger partial charge in [0.2, 0.25) is 0 Å². The summed E-state index contributed by atoms with van der Waals surface area (Å²) in [6.07, 6.45) is 14.8. The molecule has 0 saturated carbocycles. The molecule has 194 valence electrons. The number of hydrogen-bond donors (Lipinski definition) is 0. The summed E-state index contributed by atoms with van der Waals surface area (Å²) in [6.45, 7) is 11.5. The van der Waals surface area contributed by atoms with Crippen molar-refractivity contribution < 1.29 is 0 Å². The van der Waals surface area contributed by atoms with Crippen LogP contribution >= 0.6 is 34.3 Å². The number of benzene rings is 1. The zero-order chi connectivity index (χ0) is 25.7. The maximum atomic E-state index is 6.70. The van der Waals surface area contributed by atoms with Gasteiger partial charge in [0.05, 0.1) is 4.34 Å². The smallest absolute Gasteiger partial charge is 0.0966 e. The van der Waals surface area contributed by atoms with Gasteiger partial charge in [-0.05, 0) is 103 Å². The van der Waals surface area contributed by atoms with E-state index < -0.39 is 0 Å². The van der Waals surface area contributed by atoms with Crippen LogP contribution in [0.2, 0.25) is 4.34 Å². The summed E-state index contributed by atoms with van der Waals surface area (Å²) in [4.78, 5) is 4.55. The molecule has 2 aromatic heterocycles. The first-order valence-corrected chi connectivity index (χ1v) is 16.2. The first-order chi connectivity index (χ1) is 17.5. The molecule has 4 rings (SSSR count). The Balaban J connectivity index is 1.73. The maximum Gasteiger partial charge on any atom is 0.0966 e. The van der Waals surface area contributed by atoms with Crippen molar-refractivity contribution in [2.75, 3.05) is 0 Å². The number of rotatable bonds is 12. The molecular formula is C33H43ClS2. The molecule has 36 heavy (non-hydrogen) atoms. The molecule has 0 saturated heterocycles. The van der Waals surface area contributed by atoms with Gasteiger partial charge in [-0.2, -0.15) is 0 Å². The molecule has 3 heteroatoms. The monoisotopic (exact) mass is 538 g/mol. The summed E-state index contributed by atoms with van der Waals surface area (Å²) in [5.41, 5.74) is 11.9. The SMILES string of the molecule is CCCCCCc1ccc(-c2sc(CCC)c(C3=C(c4c(CCC)sc(Cl)c4C)CCC3)c2C)cc1. The van der Waals surface area contributed by atoms with Gasteiger partial charge >= 0.3 is 0 Å². The van der Waals surface area contributed by atoms with E-state index in [2.05, 4.69) is 58.9 Å². The van der Waals surface area contributed by atoms with Gasteiger partial charge in [0.1, 0.15) is 0 Å². The van der Waals surface area contributed by atoms with Crippen LogP contribution in [-0.4, -0.2) is 0 Å². The molecule has 3 aromatic rings. The summed E-state index contributed by atoms with van der Waals surface area (Å²) < 4.78 is 0.985. The van der Waals surface area contributed by atoms with Gasteiger partial charge < -0.3 is 0 Å². The molecule has 0 fully saturated rings. The molecule has 0 spiro atoms. The first-order valence-electron chi connectivity index (χ1n) is 14.2. The van der Waals surface area contributed by atoms with Gasteiger partial charge in [0.15, 0.2) is 0 Å². The summed E-state index contributed by atoms with van der Waals surface area (Å²) in [6, 6.07) is 9.49. The van der Waals surface area contributed by atoms with Crippen LogP contribution in [0.15, 0.2) is 24.3 Å². The van der Waals surface area contributed by atoms with E-state index >= 15 is 0 Å². The Morgan fingerprint density at radius 3 is 1.92 bits per heavy atom. The van der Waals surface area contributed by atoms with Crippen molar-refractivity contribution in [2.24, 2.45) is 0 Å². The topological polar surface area (TPSA) is 0 Å². The number of thiophene rings is 2. The molecule has 0 radical (unpaired) electrons. The van der Waals surface area contributed by atoms with Gasteiger partial charge in [0.25, 0.3) is 0 Å². The number of unbranched alkanes of at least 4 members (excludes halogenated alkanes) is 3. The molecule has 0 atom stereocenters. The third kappa shape index (κ3) is 5.87. The van der Waals surface area contributed by atoms with Gasteiger partial charge in [0, 0.05) is 14.6 Å². The van der Waals surface area contributed by atoms with Crippen LogP contribution in [0.3, 0.4) is 0 Å². The molecule has 0 N–H and O–H groups in total. The van der Waals surface area contributed by atoms with Crippen LogP contribution in [0.5, 0.6) is 0 Å². The van der Waals surface area contributed by atoms with Crippen molar-refractivity contribution in [1.82, 2.24) is 0 Å². The van der Waals surface area contributed by atoms with E-state index in [-0.39, 0.29) is 0 Å². The third-order valence-corrected chi connectivity index (χ3v) is 10.7. The van der Waals surface area contributed by atoms with Crippen LogP contribution in [0.1, 0.15) is 116 Å². The van der Waals surface area contributed by atoms with E-state index in [9.17, 15) is 0 Å². The lowest BCUT2D eigenvalue weighted by atomic mass is 9.91. The van der Waals surface area contributed by atoms with E-state index in [0.29, 0.717) is 0 Å². The Morgan fingerprint density at radius 2 is 1.31 bits per heavy atom. The van der Waals surface area contributed by atoms with Crippen LogP contribution in [0.4, 0.5) is 0 Å². The number of halogens is 1. The fourth-order valence-corrected chi connectivity index (χ4v) is 8.83. The molecule has 1 aliphatic carbocycles. The van der Waals surface area contributed by atoms with Crippen molar-refractivity contribution in [3.8, 4) is 10.4 Å². The van der Waals surface area contributed by atoms with Crippen LogP contribution < -0.4 is 0 Å². The number of hydrogen-bond acceptors (Lipinski definition) is 2. The largest absolute Gasteiger partial charge is 0.139 e. The zero-order valence-corrected chi connectivity index (χ0v) is 25.4. The standard InChI is InChI=1S/C33H43ClS2/c1-6-9-10-11-15-24-18-20-25(21-19-24)32-22(4)30(28(35-32)13-7-2)26-16-12-17-27(26)31-23(5)33(34)36-29(31)14-8-3/h18-21H,6-17H2,1-5H3. The number of allylic oxidation sites excluding steroid dienone is 2. The van der Waals surface area contributed by atoms with Crippen LogP contribution in [0, 0.1) is 13.8 Å². The molecule has 0 unspecified atom stereocenters. The molecule has 1 aliphatic rings. The summed E-state index contributed by atoms with van der Waals surface area (Å²) in [7, 11) is 0. The van der Waals surface area contributed by atoms with E-state index in [4.69, 9.17) is 11.6 Å². The highest BCUT2D eigenvalue weighted by Gasteiger charge is 2.28. The van der Waals surface area contributed by atoms with Crippen LogP contribution in [-0.2, 0) is 19.3 Å². The van der Waals surface area contributed by atoms with Crippen LogP contribution in [0.25, 0.3) is 21.6 Å². The summed E-state index contributed by atoms with van der Waals surface area (Å²) in [5, 5.41) is 0. The lowest BCUT2D eigenvalue weighted by Crippen LogP contribution is -1.95. The van der Waals surface area contributed by atoms with Crippen molar-refractivity contribution in [1.29, 1.82) is 0 Å². The molecule has 0 nitrogen and oxygen atoms in total. The lowest BCUT2D eigenvalue weighted by Gasteiger charge is -2.13. The minimum absolute atomic E-state index is 0.985. The second-order valence-electron chi connectivity index (χ2n) is 10.5. The van der Waals surface area contributed by atoms with Crippen molar-refractivity contribution in [3.05, 3.63) is 66.2 Å². The van der Waals surface area contributed by atoms with Gasteiger partial charge in [-0.1, -0.05) is 88.7 Å². The van der Waals surface area contributed by atoms with Gasteiger partial charge in [-0.3, -0.25) is 0 Å². The fourth-order valence-electron chi connectivity index (χ4n) is 5.86. The van der Waals surface area contributed by atoms with Crippen molar-refractivity contribution in [3.63, 3.8) is 0 Å². The quantitative estimate of drug-likeness (QED) is 0.201. The minimum Gasteiger partial charge on any atom is -0.139 e. The second kappa shape index (κ2) is 12.9. The minimum atomic E-state index is 0.985. The second-order valence-corrected chi connectivity index (χ2v) is 13.3. The lowest BCUT2D eigenvalue weighted by molar-refractivity contribution is 0.667. The van der Waals surface area contributed by atoms with E-state index in [1.165, 1.54) is 108 Å². The highest BCUT2D eigenvalue weighted by atomic mass is 35.5. The van der Waals surface area contributed by atoms with Gasteiger partial charge in [-0.25, -0.2) is 0 Å². The Morgan fingerprint density at radius 1 is 0.694 bits per heavy atom. The molecule has 0 bridgehead atoms. The Kier molecular flexibility index (Phi) is 9.95. The van der Waals surface area contributed by atoms with Crippen molar-refractivity contribution >= 4 is 45.4 Å². The van der Waals surface area contributed by atoms with E-state index in [1.807, 2.05) is 22.7 Å². The van der Waals surface area contributed by atoms with E-state index in [1.54, 1.807) is 21.6 Å². The zero-order valence-electron chi connectivity index (χ0n) is 23.0. The Labute approximate surface area is 232 Å². The number of aryl methyl sites for hydroxylation is 3.